The number of nitrogens with one attached hydrogen (secondary N) is 1. The zero-order chi connectivity index (χ0) is 22.3. The minimum atomic E-state index is -1.52. The molecule has 0 saturated carbocycles. The van der Waals surface area contributed by atoms with Crippen molar-refractivity contribution in [2.75, 3.05) is 0 Å². The highest BCUT2D eigenvalue weighted by Gasteiger charge is 2.51. The van der Waals surface area contributed by atoms with Gasteiger partial charge in [-0.1, -0.05) is 72.3 Å². The normalized spacial score (nSPS) is 17.1. The summed E-state index contributed by atoms with van der Waals surface area (Å²) in [7, 11) is 0. The SMILES string of the molecule is O=C(N[C@@]1(Cc2ccccc2)C(=O)Oc2c1cc(O)c1ccccc21)c1cccc(Cl)c1. The number of ether oxygens (including phenoxy) is 1. The molecular formula is C26H18ClNO4. The molecule has 32 heavy (non-hydrogen) atoms. The van der Waals surface area contributed by atoms with Crippen molar-refractivity contribution in [3.63, 3.8) is 0 Å². The Bertz CT molecular complexity index is 1370. The van der Waals surface area contributed by atoms with Crippen LogP contribution in [0.5, 0.6) is 11.5 Å². The number of carbonyl (C=O) groups excluding carboxylic acids is 2. The van der Waals surface area contributed by atoms with Crippen LogP contribution in [0.3, 0.4) is 0 Å². The summed E-state index contributed by atoms with van der Waals surface area (Å²) < 4.78 is 5.73. The summed E-state index contributed by atoms with van der Waals surface area (Å²) in [5.74, 6) is -0.735. The molecule has 0 aromatic heterocycles. The van der Waals surface area contributed by atoms with Crippen LogP contribution in [-0.4, -0.2) is 17.0 Å². The van der Waals surface area contributed by atoms with E-state index in [0.29, 0.717) is 32.7 Å². The second kappa shape index (κ2) is 7.70. The zero-order valence-electron chi connectivity index (χ0n) is 16.8. The average molecular weight is 444 g/mol. The first-order valence-electron chi connectivity index (χ1n) is 10.1. The molecule has 1 amide bonds. The van der Waals surface area contributed by atoms with Gasteiger partial charge in [0.15, 0.2) is 5.54 Å². The predicted molar refractivity (Wildman–Crippen MR) is 122 cm³/mol. The van der Waals surface area contributed by atoms with Gasteiger partial charge in [-0.3, -0.25) is 4.79 Å². The number of rotatable bonds is 4. The van der Waals surface area contributed by atoms with E-state index in [1.165, 1.54) is 12.1 Å². The van der Waals surface area contributed by atoms with Gasteiger partial charge < -0.3 is 15.2 Å². The molecule has 6 heteroatoms. The molecule has 1 atom stereocenters. The van der Waals surface area contributed by atoms with E-state index in [2.05, 4.69) is 5.32 Å². The lowest BCUT2D eigenvalue weighted by atomic mass is 9.83. The molecule has 0 aliphatic carbocycles. The molecular weight excluding hydrogens is 426 g/mol. The van der Waals surface area contributed by atoms with Crippen LogP contribution < -0.4 is 10.1 Å². The molecule has 1 heterocycles. The van der Waals surface area contributed by atoms with E-state index in [9.17, 15) is 14.7 Å². The summed E-state index contributed by atoms with van der Waals surface area (Å²) in [5, 5.41) is 15.2. The number of hydrogen-bond donors (Lipinski definition) is 2. The van der Waals surface area contributed by atoms with Crippen LogP contribution >= 0.6 is 11.6 Å². The Labute approximate surface area is 189 Å². The summed E-state index contributed by atoms with van der Waals surface area (Å²) in [6.45, 7) is 0. The molecule has 5 rings (SSSR count). The Kier molecular flexibility index (Phi) is 4.83. The predicted octanol–water partition coefficient (Wildman–Crippen LogP) is 4.99. The number of fused-ring (bicyclic) bond motifs is 3. The smallest absolute Gasteiger partial charge is 0.342 e. The van der Waals surface area contributed by atoms with Crippen molar-refractivity contribution in [3.8, 4) is 11.5 Å². The Balaban J connectivity index is 1.69. The molecule has 0 spiro atoms. The molecule has 1 aliphatic rings. The van der Waals surface area contributed by atoms with Crippen LogP contribution in [0.25, 0.3) is 10.8 Å². The molecule has 0 unspecified atom stereocenters. The van der Waals surface area contributed by atoms with E-state index in [1.807, 2.05) is 30.3 Å². The molecule has 158 valence electrons. The van der Waals surface area contributed by atoms with Crippen molar-refractivity contribution in [1.82, 2.24) is 5.32 Å². The van der Waals surface area contributed by atoms with Gasteiger partial charge in [0.25, 0.3) is 5.91 Å². The maximum atomic E-state index is 13.4. The Hall–Kier alpha value is -3.83. The third kappa shape index (κ3) is 3.27. The van der Waals surface area contributed by atoms with Crippen LogP contribution in [0.4, 0.5) is 0 Å². The molecule has 0 saturated heterocycles. The molecule has 2 N–H and O–H groups in total. The Morgan fingerprint density at radius 1 is 0.938 bits per heavy atom. The molecule has 0 bridgehead atoms. The van der Waals surface area contributed by atoms with Gasteiger partial charge in [-0.25, -0.2) is 4.79 Å². The third-order valence-corrected chi connectivity index (χ3v) is 5.94. The number of phenols is 1. The van der Waals surface area contributed by atoms with Gasteiger partial charge in [0, 0.05) is 33.3 Å². The number of carbonyl (C=O) groups is 2. The average Bonchev–Trinajstić information content (AvgIpc) is 3.06. The molecule has 1 aliphatic heterocycles. The number of benzene rings is 4. The van der Waals surface area contributed by atoms with Crippen molar-refractivity contribution < 1.29 is 19.4 Å². The van der Waals surface area contributed by atoms with Crippen LogP contribution in [0.1, 0.15) is 21.5 Å². The lowest BCUT2D eigenvalue weighted by Gasteiger charge is -2.28. The van der Waals surface area contributed by atoms with Gasteiger partial charge >= 0.3 is 5.97 Å². The summed E-state index contributed by atoms with van der Waals surface area (Å²) in [5.41, 5.74) is 0.0444. The fourth-order valence-corrected chi connectivity index (χ4v) is 4.36. The summed E-state index contributed by atoms with van der Waals surface area (Å²) in [6.07, 6.45) is 0.157. The quantitative estimate of drug-likeness (QED) is 0.344. The summed E-state index contributed by atoms with van der Waals surface area (Å²) in [6, 6.07) is 24.5. The van der Waals surface area contributed by atoms with Crippen LogP contribution in [0.2, 0.25) is 5.02 Å². The highest BCUT2D eigenvalue weighted by Crippen LogP contribution is 2.47. The van der Waals surface area contributed by atoms with E-state index in [-0.39, 0.29) is 12.2 Å². The lowest BCUT2D eigenvalue weighted by molar-refractivity contribution is -0.139. The lowest BCUT2D eigenvalue weighted by Crippen LogP contribution is -2.52. The number of halogens is 1. The van der Waals surface area contributed by atoms with Crippen molar-refractivity contribution in [2.24, 2.45) is 0 Å². The highest BCUT2D eigenvalue weighted by atomic mass is 35.5. The maximum absolute atomic E-state index is 13.4. The molecule has 4 aromatic carbocycles. The molecule has 0 radical (unpaired) electrons. The number of phenolic OH excluding ortho intramolecular Hbond substituents is 1. The van der Waals surface area contributed by atoms with Gasteiger partial charge in [0.05, 0.1) is 0 Å². The number of hydrogen-bond acceptors (Lipinski definition) is 4. The monoisotopic (exact) mass is 443 g/mol. The number of amides is 1. The highest BCUT2D eigenvalue weighted by molar-refractivity contribution is 6.31. The van der Waals surface area contributed by atoms with Crippen LogP contribution in [-0.2, 0) is 16.8 Å². The minimum absolute atomic E-state index is 0.00657. The number of aromatic hydroxyl groups is 1. The van der Waals surface area contributed by atoms with E-state index >= 15 is 0 Å². The fraction of sp³-hybridized carbons (Fsp3) is 0.0769. The first-order valence-corrected chi connectivity index (χ1v) is 10.5. The van der Waals surface area contributed by atoms with Crippen molar-refractivity contribution in [1.29, 1.82) is 0 Å². The largest absolute Gasteiger partial charge is 0.507 e. The van der Waals surface area contributed by atoms with Crippen molar-refractivity contribution in [2.45, 2.75) is 12.0 Å². The van der Waals surface area contributed by atoms with E-state index in [4.69, 9.17) is 16.3 Å². The topological polar surface area (TPSA) is 75.6 Å². The van der Waals surface area contributed by atoms with Gasteiger partial charge in [0.1, 0.15) is 11.5 Å². The maximum Gasteiger partial charge on any atom is 0.342 e. The standard InChI is InChI=1S/C26H18ClNO4/c27-18-10-6-9-17(13-18)24(30)28-26(15-16-7-2-1-3-8-16)21-14-22(29)19-11-4-5-12-20(19)23(21)32-25(26)31/h1-14,29H,15H2,(H,28,30)/t26-/m1/s1. The Morgan fingerprint density at radius 3 is 2.41 bits per heavy atom. The second-order valence-corrected chi connectivity index (χ2v) is 8.18. The van der Waals surface area contributed by atoms with Crippen LogP contribution in [0.15, 0.2) is 84.9 Å². The van der Waals surface area contributed by atoms with Gasteiger partial charge in [0.2, 0.25) is 0 Å². The van der Waals surface area contributed by atoms with E-state index in [1.54, 1.807) is 42.5 Å². The van der Waals surface area contributed by atoms with Gasteiger partial charge in [-0.05, 0) is 29.8 Å². The molecule has 4 aromatic rings. The molecule has 5 nitrogen and oxygen atoms in total. The Morgan fingerprint density at radius 2 is 1.66 bits per heavy atom. The second-order valence-electron chi connectivity index (χ2n) is 7.74. The summed E-state index contributed by atoms with van der Waals surface area (Å²) in [4.78, 5) is 26.6. The fourth-order valence-electron chi connectivity index (χ4n) is 4.17. The van der Waals surface area contributed by atoms with Gasteiger partial charge in [-0.2, -0.15) is 0 Å². The van der Waals surface area contributed by atoms with Gasteiger partial charge in [-0.15, -0.1) is 0 Å². The first-order chi connectivity index (χ1) is 15.5. The van der Waals surface area contributed by atoms with E-state index in [0.717, 1.165) is 5.56 Å². The summed E-state index contributed by atoms with van der Waals surface area (Å²) >= 11 is 6.06. The van der Waals surface area contributed by atoms with Crippen LogP contribution in [0, 0.1) is 0 Å². The zero-order valence-corrected chi connectivity index (χ0v) is 17.6. The number of esters is 1. The van der Waals surface area contributed by atoms with Crippen molar-refractivity contribution >= 4 is 34.2 Å². The molecule has 0 fully saturated rings. The van der Waals surface area contributed by atoms with Crippen molar-refractivity contribution in [3.05, 3.63) is 107 Å². The van der Waals surface area contributed by atoms with E-state index < -0.39 is 17.4 Å². The third-order valence-electron chi connectivity index (χ3n) is 5.70. The first kappa shape index (κ1) is 20.1. The minimum Gasteiger partial charge on any atom is -0.507 e.